The number of carbonyl (C=O) groups excluding carboxylic acids is 2. The molecule has 0 radical (unpaired) electrons. The first-order chi connectivity index (χ1) is 35.9. The summed E-state index contributed by atoms with van der Waals surface area (Å²) in [5.74, 6) is 1.64. The first-order valence-corrected chi connectivity index (χ1v) is 27.2. The fourth-order valence-corrected chi connectivity index (χ4v) is 7.79. The number of aldehydes is 1. The van der Waals surface area contributed by atoms with Gasteiger partial charge in [-0.2, -0.15) is 0 Å². The second-order valence-corrected chi connectivity index (χ2v) is 18.0. The van der Waals surface area contributed by atoms with Crippen LogP contribution in [0, 0.1) is 25.1 Å². The van der Waals surface area contributed by atoms with Gasteiger partial charge in [-0.1, -0.05) is 135 Å². The number of benzene rings is 5. The molecule has 3 atom stereocenters. The number of hydrogen-bond acceptors (Lipinski definition) is 10. The van der Waals surface area contributed by atoms with Crippen molar-refractivity contribution in [1.29, 1.82) is 5.41 Å². The van der Waals surface area contributed by atoms with Gasteiger partial charge in [0.15, 0.2) is 23.1 Å². The maximum Gasteiger partial charge on any atom is 0.305 e. The zero-order valence-corrected chi connectivity index (χ0v) is 47.0. The molecule has 5 aromatic rings. The van der Waals surface area contributed by atoms with Gasteiger partial charge in [0.05, 0.1) is 33.5 Å². The Morgan fingerprint density at radius 1 is 0.649 bits per heavy atom. The lowest BCUT2D eigenvalue weighted by atomic mass is 10.0. The first kappa shape index (κ1) is 64.2. The number of esters is 1. The number of aryl methyl sites for hydroxylation is 1. The lowest BCUT2D eigenvalue weighted by Crippen LogP contribution is -2.12. The Labute approximate surface area is 444 Å². The number of nitrogens with one attached hydrogen (secondary N) is 1. The number of fused-ring (bicyclic) bond motifs is 1. The van der Waals surface area contributed by atoms with Crippen LogP contribution in [0.1, 0.15) is 196 Å². The number of unbranched alkanes of at least 4 members (excludes halogenated alkanes) is 7. The van der Waals surface area contributed by atoms with Crippen molar-refractivity contribution < 1.29 is 47.1 Å². The molecule has 0 bridgehead atoms. The molecule has 408 valence electrons. The summed E-state index contributed by atoms with van der Waals surface area (Å²) >= 11 is 0. The Morgan fingerprint density at radius 3 is 1.89 bits per heavy atom. The van der Waals surface area contributed by atoms with Gasteiger partial charge in [0, 0.05) is 35.9 Å². The SMILES string of the molecule is CC.CCCC(Oc1cc(C=N)c(OC(CC)c2ccc(OCCCCCCOC(=O)CC)cc2)c(C)c1F)c1ccc(OC)c(OC)c1.CCCCCCCOC(C)CC.Cc1ccc2cc(C=O)ccc2c1. The van der Waals surface area contributed by atoms with Gasteiger partial charge >= 0.3 is 5.97 Å². The fraction of sp³-hybridized carbons (Fsp3) is 0.508. The van der Waals surface area contributed by atoms with E-state index < -0.39 is 11.9 Å². The van der Waals surface area contributed by atoms with Crippen molar-refractivity contribution >= 4 is 29.2 Å². The van der Waals surface area contributed by atoms with E-state index in [0.29, 0.717) is 61.4 Å². The molecule has 0 saturated heterocycles. The predicted molar refractivity (Wildman–Crippen MR) is 302 cm³/mol. The normalized spacial score (nSPS) is 11.7. The zero-order valence-electron chi connectivity index (χ0n) is 47.0. The van der Waals surface area contributed by atoms with Gasteiger partial charge in [0.2, 0.25) is 0 Å². The molecule has 5 rings (SSSR count). The van der Waals surface area contributed by atoms with Gasteiger partial charge in [-0.05, 0) is 130 Å². The molecule has 74 heavy (non-hydrogen) atoms. The number of ether oxygens (including phenoxy) is 7. The zero-order chi connectivity index (χ0) is 54.7. The molecule has 0 spiro atoms. The van der Waals surface area contributed by atoms with Crippen molar-refractivity contribution in [2.45, 2.75) is 177 Å². The Morgan fingerprint density at radius 2 is 1.28 bits per heavy atom. The van der Waals surface area contributed by atoms with Crippen LogP contribution in [-0.2, 0) is 14.3 Å². The highest BCUT2D eigenvalue weighted by Crippen LogP contribution is 2.39. The molecule has 3 unspecified atom stereocenters. The summed E-state index contributed by atoms with van der Waals surface area (Å²) in [5.41, 5.74) is 4.45. The molecule has 1 N–H and O–H groups in total. The maximum absolute atomic E-state index is 15.9. The average Bonchev–Trinajstić information content (AvgIpc) is 3.43. The van der Waals surface area contributed by atoms with Crippen molar-refractivity contribution in [2.24, 2.45) is 0 Å². The Hall–Kier alpha value is -5.94. The van der Waals surface area contributed by atoms with Crippen molar-refractivity contribution in [2.75, 3.05) is 34.0 Å². The predicted octanol–water partition coefficient (Wildman–Crippen LogP) is 17.3. The second-order valence-electron chi connectivity index (χ2n) is 18.0. The highest BCUT2D eigenvalue weighted by Gasteiger charge is 2.24. The van der Waals surface area contributed by atoms with Crippen LogP contribution in [0.3, 0.4) is 0 Å². The second kappa shape index (κ2) is 37.7. The number of methoxy groups -OCH3 is 2. The van der Waals surface area contributed by atoms with Crippen LogP contribution < -0.4 is 23.7 Å². The molecular formula is C63H90FNO9. The topological polar surface area (TPSA) is 123 Å². The average molecular weight is 1020 g/mol. The largest absolute Gasteiger partial charge is 0.494 e. The number of hydrogen-bond donors (Lipinski definition) is 1. The molecule has 10 nitrogen and oxygen atoms in total. The van der Waals surface area contributed by atoms with Crippen LogP contribution in [-0.4, -0.2) is 58.6 Å². The molecule has 5 aromatic carbocycles. The minimum atomic E-state index is -0.521. The number of carbonyl (C=O) groups is 2. The molecular weight excluding hydrogens is 934 g/mol. The van der Waals surface area contributed by atoms with Crippen molar-refractivity contribution in [3.05, 3.63) is 124 Å². The third kappa shape index (κ3) is 22.7. The molecule has 0 saturated carbocycles. The highest BCUT2D eigenvalue weighted by atomic mass is 19.1. The summed E-state index contributed by atoms with van der Waals surface area (Å²) in [4.78, 5) is 21.7. The number of halogens is 1. The van der Waals surface area contributed by atoms with E-state index in [1.807, 2.05) is 94.4 Å². The molecule has 0 aliphatic carbocycles. The molecule has 0 heterocycles. The van der Waals surface area contributed by atoms with Crippen LogP contribution in [0.5, 0.6) is 28.7 Å². The lowest BCUT2D eigenvalue weighted by molar-refractivity contribution is -0.143. The molecule has 0 aliphatic heterocycles. The van der Waals surface area contributed by atoms with Crippen LogP contribution >= 0.6 is 0 Å². The van der Waals surface area contributed by atoms with E-state index in [0.717, 1.165) is 79.2 Å². The molecule has 0 aliphatic rings. The molecule has 0 fully saturated rings. The maximum atomic E-state index is 15.9. The van der Waals surface area contributed by atoms with Gasteiger partial charge < -0.3 is 38.6 Å². The van der Waals surface area contributed by atoms with Crippen LogP contribution in [0.4, 0.5) is 4.39 Å². The first-order valence-electron chi connectivity index (χ1n) is 27.2. The number of rotatable bonds is 30. The fourth-order valence-electron chi connectivity index (χ4n) is 7.79. The van der Waals surface area contributed by atoms with E-state index in [1.165, 1.54) is 55.3 Å². The van der Waals surface area contributed by atoms with Gasteiger partial charge in [0.25, 0.3) is 0 Å². The van der Waals surface area contributed by atoms with Gasteiger partial charge in [-0.15, -0.1) is 0 Å². The van der Waals surface area contributed by atoms with E-state index in [2.05, 4.69) is 39.8 Å². The van der Waals surface area contributed by atoms with E-state index in [9.17, 15) is 9.59 Å². The third-order valence-electron chi connectivity index (χ3n) is 12.3. The Bertz CT molecular complexity index is 2350. The molecule has 11 heteroatoms. The third-order valence-corrected chi connectivity index (χ3v) is 12.3. The minimum Gasteiger partial charge on any atom is -0.494 e. The van der Waals surface area contributed by atoms with Gasteiger partial charge in [0.1, 0.15) is 30.0 Å². The molecule has 0 amide bonds. The minimum absolute atomic E-state index is 0.0658. The van der Waals surface area contributed by atoms with Crippen LogP contribution in [0.25, 0.3) is 10.8 Å². The van der Waals surface area contributed by atoms with E-state index in [1.54, 1.807) is 28.1 Å². The summed E-state index contributed by atoms with van der Waals surface area (Å²) in [6.45, 7) is 22.1. The summed E-state index contributed by atoms with van der Waals surface area (Å²) in [5, 5.41) is 10.4. The quantitative estimate of drug-likeness (QED) is 0.0207. The van der Waals surface area contributed by atoms with Crippen LogP contribution in [0.2, 0.25) is 0 Å². The Balaban J connectivity index is 0.000000559. The van der Waals surface area contributed by atoms with Crippen molar-refractivity contribution in [3.63, 3.8) is 0 Å². The smallest absolute Gasteiger partial charge is 0.305 e. The van der Waals surface area contributed by atoms with Gasteiger partial charge in [-0.3, -0.25) is 9.59 Å². The van der Waals surface area contributed by atoms with E-state index in [4.69, 9.17) is 38.6 Å². The molecule has 0 aromatic heterocycles. The monoisotopic (exact) mass is 1020 g/mol. The lowest BCUT2D eigenvalue weighted by Gasteiger charge is -2.24. The van der Waals surface area contributed by atoms with Crippen molar-refractivity contribution in [1.82, 2.24) is 0 Å². The summed E-state index contributed by atoms with van der Waals surface area (Å²) in [6.07, 6.45) is 15.8. The van der Waals surface area contributed by atoms with Crippen molar-refractivity contribution in [3.8, 4) is 28.7 Å². The van der Waals surface area contributed by atoms with Crippen LogP contribution in [0.15, 0.2) is 84.9 Å². The Kier molecular flexibility index (Phi) is 32.7. The standard InChI is InChI=1S/C38H50FNO7.C12H10O.C11H24O.C2H6/c1-7-14-32(28-17-20-33(42-5)34(23-28)43-6)46-35-24-29(25-40)38(26(4)37(35)39)47-31(8-2)27-15-18-30(19-16-27)44-21-12-10-11-13-22-45-36(41)9-3;1-9-2-4-12-7-10(8-13)3-5-11(12)6-9;1-4-6-7-8-9-10-12-11(3)5-2;1-2/h15-20,23-25,31-32,40H,7-14,21-22H2,1-6H3;2-8H,1H3;11H,4-10H2,1-3H3;1-2H3. The van der Waals surface area contributed by atoms with E-state index in [-0.39, 0.29) is 23.4 Å². The van der Waals surface area contributed by atoms with E-state index >= 15 is 4.39 Å². The highest BCUT2D eigenvalue weighted by molar-refractivity contribution is 5.89. The summed E-state index contributed by atoms with van der Waals surface area (Å²) < 4.78 is 56.0. The summed E-state index contributed by atoms with van der Waals surface area (Å²) in [7, 11) is 3.15. The summed E-state index contributed by atoms with van der Waals surface area (Å²) in [6, 6.07) is 26.7. The van der Waals surface area contributed by atoms with Gasteiger partial charge in [-0.25, -0.2) is 4.39 Å².